The molecule has 0 saturated heterocycles. The zero-order chi connectivity index (χ0) is 14.9. The fraction of sp³-hybridized carbons (Fsp3) is 0.588. The minimum atomic E-state index is -0.108. The lowest BCUT2D eigenvalue weighted by atomic mass is 9.83. The van der Waals surface area contributed by atoms with Crippen LogP contribution in [0.5, 0.6) is 5.75 Å². The Morgan fingerprint density at radius 2 is 1.95 bits per heavy atom. The molecule has 1 fully saturated rings. The van der Waals surface area contributed by atoms with Crippen LogP contribution in [0.2, 0.25) is 0 Å². The average molecular weight is 291 g/mol. The quantitative estimate of drug-likeness (QED) is 0.811. The Bertz CT molecular complexity index is 415. The summed E-state index contributed by atoms with van der Waals surface area (Å²) >= 11 is 0. The number of aliphatic hydroxyl groups excluding tert-OH is 1. The van der Waals surface area contributed by atoms with Gasteiger partial charge >= 0.3 is 0 Å². The van der Waals surface area contributed by atoms with Crippen molar-refractivity contribution in [2.45, 2.75) is 44.6 Å². The molecule has 1 unspecified atom stereocenters. The summed E-state index contributed by atoms with van der Waals surface area (Å²) in [4.78, 5) is 12.0. The van der Waals surface area contributed by atoms with Crippen molar-refractivity contribution in [3.05, 3.63) is 30.3 Å². The molecule has 4 nitrogen and oxygen atoms in total. The second kappa shape index (κ2) is 8.67. The second-order valence-electron chi connectivity index (χ2n) is 5.69. The van der Waals surface area contributed by atoms with Crippen LogP contribution in [0.1, 0.15) is 38.5 Å². The van der Waals surface area contributed by atoms with E-state index >= 15 is 0 Å². The number of rotatable bonds is 7. The number of benzene rings is 1. The van der Waals surface area contributed by atoms with Crippen molar-refractivity contribution < 1.29 is 14.6 Å². The molecular formula is C17H25NO3. The highest BCUT2D eigenvalue weighted by atomic mass is 16.5. The van der Waals surface area contributed by atoms with Gasteiger partial charge in [0.2, 0.25) is 0 Å². The van der Waals surface area contributed by atoms with E-state index in [2.05, 4.69) is 5.32 Å². The monoisotopic (exact) mass is 291 g/mol. The summed E-state index contributed by atoms with van der Waals surface area (Å²) in [7, 11) is 0. The predicted molar refractivity (Wildman–Crippen MR) is 82.1 cm³/mol. The summed E-state index contributed by atoms with van der Waals surface area (Å²) in [5, 5.41) is 12.2. The second-order valence-corrected chi connectivity index (χ2v) is 5.69. The van der Waals surface area contributed by atoms with Gasteiger partial charge in [-0.05, 0) is 37.3 Å². The Hall–Kier alpha value is -1.55. The number of hydrogen-bond acceptors (Lipinski definition) is 3. The van der Waals surface area contributed by atoms with E-state index in [9.17, 15) is 9.90 Å². The molecule has 0 spiro atoms. The van der Waals surface area contributed by atoms with Crippen molar-refractivity contribution >= 4 is 5.91 Å². The molecule has 4 heteroatoms. The van der Waals surface area contributed by atoms with Crippen LogP contribution in [0.4, 0.5) is 0 Å². The molecule has 1 amide bonds. The number of para-hydroxylation sites is 1. The van der Waals surface area contributed by atoms with Crippen molar-refractivity contribution in [1.29, 1.82) is 0 Å². The predicted octanol–water partition coefficient (Wildman–Crippen LogP) is 2.51. The number of carbonyl (C=O) groups excluding carboxylic acids is 1. The van der Waals surface area contributed by atoms with E-state index in [4.69, 9.17) is 4.74 Å². The molecule has 1 atom stereocenters. The fourth-order valence-corrected chi connectivity index (χ4v) is 3.02. The molecule has 116 valence electrons. The van der Waals surface area contributed by atoms with Gasteiger partial charge in [-0.1, -0.05) is 37.5 Å². The smallest absolute Gasteiger partial charge is 0.258 e. The van der Waals surface area contributed by atoms with Gasteiger partial charge in [0.25, 0.3) is 5.91 Å². The molecule has 1 aromatic rings. The number of amides is 1. The van der Waals surface area contributed by atoms with E-state index < -0.39 is 0 Å². The highest BCUT2D eigenvalue weighted by molar-refractivity contribution is 5.77. The summed E-state index contributed by atoms with van der Waals surface area (Å²) in [6, 6.07) is 9.40. The molecule has 0 bridgehead atoms. The summed E-state index contributed by atoms with van der Waals surface area (Å²) in [5.41, 5.74) is 0. The van der Waals surface area contributed by atoms with Crippen molar-refractivity contribution in [3.8, 4) is 5.75 Å². The van der Waals surface area contributed by atoms with Gasteiger partial charge in [0.15, 0.2) is 6.61 Å². The van der Waals surface area contributed by atoms with Crippen LogP contribution in [-0.4, -0.2) is 30.3 Å². The first-order chi connectivity index (χ1) is 10.3. The molecule has 1 saturated carbocycles. The number of nitrogens with one attached hydrogen (secondary N) is 1. The van der Waals surface area contributed by atoms with E-state index in [1.165, 1.54) is 19.3 Å². The maximum atomic E-state index is 12.0. The van der Waals surface area contributed by atoms with Gasteiger partial charge in [-0.2, -0.15) is 0 Å². The first-order valence-electron chi connectivity index (χ1n) is 7.87. The Morgan fingerprint density at radius 3 is 2.62 bits per heavy atom. The van der Waals surface area contributed by atoms with Gasteiger partial charge in [-0.25, -0.2) is 0 Å². The van der Waals surface area contributed by atoms with Crippen molar-refractivity contribution in [1.82, 2.24) is 5.32 Å². The third kappa shape index (κ3) is 5.38. The Morgan fingerprint density at radius 1 is 1.24 bits per heavy atom. The Labute approximate surface area is 126 Å². The summed E-state index contributed by atoms with van der Waals surface area (Å²) in [5.74, 6) is 1.08. The van der Waals surface area contributed by atoms with Crippen LogP contribution in [0, 0.1) is 5.92 Å². The number of hydrogen-bond donors (Lipinski definition) is 2. The minimum absolute atomic E-state index is 0.0265. The number of carbonyl (C=O) groups is 1. The number of ether oxygens (including phenoxy) is 1. The Balaban J connectivity index is 1.80. The molecular weight excluding hydrogens is 266 g/mol. The molecule has 1 aliphatic carbocycles. The third-order valence-corrected chi connectivity index (χ3v) is 4.12. The molecule has 2 N–H and O–H groups in total. The highest BCUT2D eigenvalue weighted by Gasteiger charge is 2.24. The van der Waals surface area contributed by atoms with Gasteiger partial charge in [0.05, 0.1) is 0 Å². The fourth-order valence-electron chi connectivity index (χ4n) is 3.02. The molecule has 2 rings (SSSR count). The van der Waals surface area contributed by atoms with Crippen molar-refractivity contribution in [2.24, 2.45) is 5.92 Å². The molecule has 0 aliphatic heterocycles. The van der Waals surface area contributed by atoms with E-state index in [0.29, 0.717) is 18.1 Å². The summed E-state index contributed by atoms with van der Waals surface area (Å²) in [6.07, 6.45) is 6.65. The van der Waals surface area contributed by atoms with Crippen molar-refractivity contribution in [3.63, 3.8) is 0 Å². The van der Waals surface area contributed by atoms with Crippen LogP contribution in [-0.2, 0) is 4.79 Å². The largest absolute Gasteiger partial charge is 0.484 e. The first kappa shape index (κ1) is 15.8. The van der Waals surface area contributed by atoms with Crippen LogP contribution in [0.3, 0.4) is 0 Å². The van der Waals surface area contributed by atoms with E-state index in [1.54, 1.807) is 0 Å². The molecule has 1 aliphatic rings. The molecule has 0 aromatic heterocycles. The molecule has 0 radical (unpaired) electrons. The lowest BCUT2D eigenvalue weighted by molar-refractivity contribution is -0.124. The van der Waals surface area contributed by atoms with Gasteiger partial charge in [0, 0.05) is 12.6 Å². The minimum Gasteiger partial charge on any atom is -0.484 e. The van der Waals surface area contributed by atoms with Crippen LogP contribution < -0.4 is 10.1 Å². The van der Waals surface area contributed by atoms with E-state index in [-0.39, 0.29) is 25.2 Å². The van der Waals surface area contributed by atoms with Crippen LogP contribution in [0.15, 0.2) is 30.3 Å². The SMILES string of the molecule is O=C(COc1ccccc1)NC(CCO)C1CCCCC1. The molecule has 1 aromatic carbocycles. The molecule has 21 heavy (non-hydrogen) atoms. The maximum absolute atomic E-state index is 12.0. The zero-order valence-corrected chi connectivity index (χ0v) is 12.5. The standard InChI is InChI=1S/C17H25NO3/c19-12-11-16(14-7-3-1-4-8-14)18-17(20)13-21-15-9-5-2-6-10-15/h2,5-6,9-10,14,16,19H,1,3-4,7-8,11-13H2,(H,18,20). The third-order valence-electron chi connectivity index (χ3n) is 4.12. The maximum Gasteiger partial charge on any atom is 0.258 e. The van der Waals surface area contributed by atoms with Gasteiger partial charge in [0.1, 0.15) is 5.75 Å². The van der Waals surface area contributed by atoms with E-state index in [0.717, 1.165) is 12.8 Å². The molecule has 0 heterocycles. The number of aliphatic hydroxyl groups is 1. The average Bonchev–Trinajstić information content (AvgIpc) is 2.54. The van der Waals surface area contributed by atoms with Crippen molar-refractivity contribution in [2.75, 3.05) is 13.2 Å². The van der Waals surface area contributed by atoms with Gasteiger partial charge < -0.3 is 15.2 Å². The van der Waals surface area contributed by atoms with E-state index in [1.807, 2.05) is 30.3 Å². The first-order valence-corrected chi connectivity index (χ1v) is 7.87. The summed E-state index contributed by atoms with van der Waals surface area (Å²) < 4.78 is 5.46. The van der Waals surface area contributed by atoms with Crippen LogP contribution in [0.25, 0.3) is 0 Å². The lowest BCUT2D eigenvalue weighted by Gasteiger charge is -2.30. The Kier molecular flexibility index (Phi) is 6.54. The lowest BCUT2D eigenvalue weighted by Crippen LogP contribution is -2.43. The van der Waals surface area contributed by atoms with Crippen LogP contribution >= 0.6 is 0 Å². The highest BCUT2D eigenvalue weighted by Crippen LogP contribution is 2.27. The normalized spacial score (nSPS) is 17.2. The van der Waals surface area contributed by atoms with Gasteiger partial charge in [-0.15, -0.1) is 0 Å². The summed E-state index contributed by atoms with van der Waals surface area (Å²) in [6.45, 7) is 0.139. The zero-order valence-electron chi connectivity index (χ0n) is 12.5. The van der Waals surface area contributed by atoms with Gasteiger partial charge in [-0.3, -0.25) is 4.79 Å². The topological polar surface area (TPSA) is 58.6 Å².